The fourth-order valence-electron chi connectivity index (χ4n) is 2.86. The monoisotopic (exact) mass is 300 g/mol. The molecule has 1 unspecified atom stereocenters. The normalized spacial score (nSPS) is 19.0. The van der Waals surface area contributed by atoms with Crippen molar-refractivity contribution < 1.29 is 4.74 Å². The van der Waals surface area contributed by atoms with E-state index in [1.165, 1.54) is 22.2 Å². The van der Waals surface area contributed by atoms with E-state index in [9.17, 15) is 0 Å². The highest BCUT2D eigenvalue weighted by Gasteiger charge is 2.14. The highest BCUT2D eigenvalue weighted by Crippen LogP contribution is 2.22. The van der Waals surface area contributed by atoms with Crippen LogP contribution in [0.1, 0.15) is 29.7 Å². The number of fused-ring (bicyclic) bond motifs is 1. The van der Waals surface area contributed by atoms with E-state index in [2.05, 4.69) is 47.3 Å². The molecule has 0 aliphatic carbocycles. The van der Waals surface area contributed by atoms with Crippen LogP contribution in [0.15, 0.2) is 23.2 Å². The minimum absolute atomic E-state index is 0.274. The Kier molecular flexibility index (Phi) is 4.34. The molecule has 0 spiro atoms. The van der Waals surface area contributed by atoms with Crippen molar-refractivity contribution in [1.29, 1.82) is 0 Å². The van der Waals surface area contributed by atoms with Crippen molar-refractivity contribution in [3.8, 4) is 0 Å². The van der Waals surface area contributed by atoms with Gasteiger partial charge < -0.3 is 20.8 Å². The predicted molar refractivity (Wildman–Crippen MR) is 90.1 cm³/mol. The second-order valence-corrected chi connectivity index (χ2v) is 5.97. The van der Waals surface area contributed by atoms with Gasteiger partial charge in [0.15, 0.2) is 5.96 Å². The van der Waals surface area contributed by atoms with Crippen LogP contribution in [-0.4, -0.2) is 30.2 Å². The molecular formula is C17H24N4O. The maximum atomic E-state index is 5.92. The molecule has 1 fully saturated rings. The molecule has 5 nitrogen and oxygen atoms in total. The van der Waals surface area contributed by atoms with Crippen molar-refractivity contribution in [2.75, 3.05) is 13.2 Å². The molecule has 0 saturated carbocycles. The van der Waals surface area contributed by atoms with Gasteiger partial charge in [0.25, 0.3) is 0 Å². The zero-order valence-electron chi connectivity index (χ0n) is 13.3. The summed E-state index contributed by atoms with van der Waals surface area (Å²) in [5.74, 6) is 0.484. The molecule has 1 aliphatic heterocycles. The quantitative estimate of drug-likeness (QED) is 0.599. The largest absolute Gasteiger partial charge is 0.376 e. The van der Waals surface area contributed by atoms with Crippen molar-refractivity contribution in [3.63, 3.8) is 0 Å². The third-order valence-corrected chi connectivity index (χ3v) is 4.34. The molecular weight excluding hydrogens is 276 g/mol. The second kappa shape index (κ2) is 6.40. The molecule has 22 heavy (non-hydrogen) atoms. The fraction of sp³-hybridized carbons (Fsp3) is 0.471. The van der Waals surface area contributed by atoms with Gasteiger partial charge in [-0.15, -0.1) is 0 Å². The van der Waals surface area contributed by atoms with Crippen molar-refractivity contribution in [2.24, 2.45) is 10.7 Å². The highest BCUT2D eigenvalue weighted by molar-refractivity contribution is 5.85. The van der Waals surface area contributed by atoms with Gasteiger partial charge in [0.05, 0.1) is 12.6 Å². The summed E-state index contributed by atoms with van der Waals surface area (Å²) in [5, 5.41) is 4.40. The Bertz CT molecular complexity index is 683. The van der Waals surface area contributed by atoms with E-state index in [0.717, 1.165) is 31.6 Å². The van der Waals surface area contributed by atoms with Crippen LogP contribution >= 0.6 is 0 Å². The van der Waals surface area contributed by atoms with Crippen LogP contribution in [0.4, 0.5) is 0 Å². The van der Waals surface area contributed by atoms with Crippen molar-refractivity contribution >= 4 is 16.9 Å². The average molecular weight is 300 g/mol. The molecule has 1 aromatic heterocycles. The van der Waals surface area contributed by atoms with E-state index in [1.54, 1.807) is 0 Å². The van der Waals surface area contributed by atoms with Crippen molar-refractivity contribution in [2.45, 2.75) is 39.3 Å². The van der Waals surface area contributed by atoms with E-state index in [4.69, 9.17) is 10.5 Å². The van der Waals surface area contributed by atoms with Crippen LogP contribution < -0.4 is 11.1 Å². The Morgan fingerprint density at radius 2 is 2.32 bits per heavy atom. The van der Waals surface area contributed by atoms with Crippen LogP contribution in [0.5, 0.6) is 0 Å². The number of hydrogen-bond acceptors (Lipinski definition) is 2. The Labute approximate surface area is 130 Å². The number of aromatic amines is 1. The summed E-state index contributed by atoms with van der Waals surface area (Å²) in [6.45, 7) is 6.42. The van der Waals surface area contributed by atoms with Gasteiger partial charge in [0.1, 0.15) is 0 Å². The Morgan fingerprint density at radius 1 is 1.45 bits per heavy atom. The molecule has 5 heteroatoms. The topological polar surface area (TPSA) is 75.4 Å². The minimum atomic E-state index is 0.274. The number of aryl methyl sites for hydroxylation is 2. The van der Waals surface area contributed by atoms with Crippen LogP contribution in [0.3, 0.4) is 0 Å². The lowest BCUT2D eigenvalue weighted by atomic mass is 10.1. The molecule has 0 amide bonds. The highest BCUT2D eigenvalue weighted by atomic mass is 16.5. The minimum Gasteiger partial charge on any atom is -0.376 e. The maximum absolute atomic E-state index is 5.92. The van der Waals surface area contributed by atoms with Crippen LogP contribution in [0.25, 0.3) is 10.9 Å². The number of aromatic nitrogens is 1. The fourth-order valence-corrected chi connectivity index (χ4v) is 2.86. The van der Waals surface area contributed by atoms with Gasteiger partial charge in [-0.2, -0.15) is 0 Å². The maximum Gasteiger partial charge on any atom is 0.189 e. The number of hydrogen-bond donors (Lipinski definition) is 3. The molecule has 0 bridgehead atoms. The molecule has 4 N–H and O–H groups in total. The van der Waals surface area contributed by atoms with Gasteiger partial charge in [-0.3, -0.25) is 0 Å². The third-order valence-electron chi connectivity index (χ3n) is 4.34. The number of nitrogens with one attached hydrogen (secondary N) is 2. The van der Waals surface area contributed by atoms with Crippen LogP contribution in [-0.2, 0) is 11.3 Å². The lowest BCUT2D eigenvalue weighted by Gasteiger charge is -2.11. The van der Waals surface area contributed by atoms with Crippen molar-refractivity contribution in [1.82, 2.24) is 10.3 Å². The number of aliphatic imine (C=N–C) groups is 1. The van der Waals surface area contributed by atoms with Gasteiger partial charge in [-0.1, -0.05) is 6.07 Å². The van der Waals surface area contributed by atoms with Crippen LogP contribution in [0.2, 0.25) is 0 Å². The molecule has 1 aromatic carbocycles. The van der Waals surface area contributed by atoms with E-state index < -0.39 is 0 Å². The lowest BCUT2D eigenvalue weighted by Crippen LogP contribution is -2.37. The average Bonchev–Trinajstić information content (AvgIpc) is 3.13. The van der Waals surface area contributed by atoms with Gasteiger partial charge in [-0.05, 0) is 49.9 Å². The first-order chi connectivity index (χ1) is 10.6. The number of nitrogens with two attached hydrogens (primary N) is 1. The number of benzene rings is 1. The summed E-state index contributed by atoms with van der Waals surface area (Å²) < 4.78 is 5.55. The molecule has 1 aliphatic rings. The third kappa shape index (κ3) is 3.25. The standard InChI is InChI=1S/C17H24N4O/c1-11-12(2)21-16-6-5-13(8-15(11)16)9-19-17(18)20-10-14-4-3-7-22-14/h5-6,8,14,21H,3-4,7,9-10H2,1-2H3,(H3,18,19,20). The van der Waals surface area contributed by atoms with Gasteiger partial charge in [0, 0.05) is 29.7 Å². The Morgan fingerprint density at radius 3 is 3.09 bits per heavy atom. The summed E-state index contributed by atoms with van der Waals surface area (Å²) >= 11 is 0. The molecule has 2 heterocycles. The summed E-state index contributed by atoms with van der Waals surface area (Å²) in [7, 11) is 0. The molecule has 118 valence electrons. The van der Waals surface area contributed by atoms with Gasteiger partial charge in [0.2, 0.25) is 0 Å². The molecule has 1 saturated heterocycles. The Hall–Kier alpha value is -2.01. The van der Waals surface area contributed by atoms with Gasteiger partial charge in [-0.25, -0.2) is 4.99 Å². The zero-order valence-corrected chi connectivity index (χ0v) is 13.3. The van der Waals surface area contributed by atoms with E-state index in [1.807, 2.05) is 0 Å². The molecule has 3 rings (SSSR count). The zero-order chi connectivity index (χ0) is 15.5. The first-order valence-corrected chi connectivity index (χ1v) is 7.86. The summed E-state index contributed by atoms with van der Waals surface area (Å²) in [6, 6.07) is 6.38. The number of rotatable bonds is 4. The predicted octanol–water partition coefficient (Wildman–Crippen LogP) is 2.37. The molecule has 2 aromatic rings. The summed E-state index contributed by atoms with van der Waals surface area (Å²) in [4.78, 5) is 7.80. The number of H-pyrrole nitrogens is 1. The number of ether oxygens (including phenoxy) is 1. The van der Waals surface area contributed by atoms with E-state index in [0.29, 0.717) is 12.5 Å². The first-order valence-electron chi connectivity index (χ1n) is 7.86. The smallest absolute Gasteiger partial charge is 0.189 e. The summed E-state index contributed by atoms with van der Waals surface area (Å²) in [6.07, 6.45) is 2.51. The first kappa shape index (κ1) is 14.9. The van der Waals surface area contributed by atoms with Crippen molar-refractivity contribution in [3.05, 3.63) is 35.0 Å². The SMILES string of the molecule is Cc1[nH]c2ccc(CN=C(N)NCC3CCCO3)cc2c1C. The number of nitrogens with zero attached hydrogens (tertiary/aromatic N) is 1. The molecule has 1 atom stereocenters. The van der Waals surface area contributed by atoms with E-state index >= 15 is 0 Å². The van der Waals surface area contributed by atoms with Crippen LogP contribution in [0, 0.1) is 13.8 Å². The Balaban J connectivity index is 1.62. The second-order valence-electron chi connectivity index (χ2n) is 5.97. The summed E-state index contributed by atoms with van der Waals surface area (Å²) in [5.41, 5.74) is 10.8. The molecule has 0 radical (unpaired) electrons. The lowest BCUT2D eigenvalue weighted by molar-refractivity contribution is 0.114. The number of guanidine groups is 1. The van der Waals surface area contributed by atoms with E-state index in [-0.39, 0.29) is 6.10 Å². The van der Waals surface area contributed by atoms with Gasteiger partial charge >= 0.3 is 0 Å².